The van der Waals surface area contributed by atoms with Crippen LogP contribution in [0.4, 0.5) is 0 Å². The summed E-state index contributed by atoms with van der Waals surface area (Å²) in [5.74, 6) is 3.23. The molecule has 2 nitrogen and oxygen atoms in total. The van der Waals surface area contributed by atoms with E-state index in [0.717, 1.165) is 30.6 Å². The molecule has 0 saturated heterocycles. The minimum Gasteiger partial charge on any atom is -0.324 e. The molecule has 0 spiro atoms. The molecule has 0 atom stereocenters. The van der Waals surface area contributed by atoms with E-state index < -0.39 is 0 Å². The molecule has 18 heavy (non-hydrogen) atoms. The Morgan fingerprint density at radius 3 is 1.83 bits per heavy atom. The van der Waals surface area contributed by atoms with E-state index in [1.807, 2.05) is 0 Å². The van der Waals surface area contributed by atoms with Crippen molar-refractivity contribution in [1.82, 2.24) is 0 Å². The predicted molar refractivity (Wildman–Crippen MR) is 71.0 cm³/mol. The first kappa shape index (κ1) is 11.5. The third-order valence-electron chi connectivity index (χ3n) is 6.98. The number of hydrogen-bond donors (Lipinski definition) is 1. The van der Waals surface area contributed by atoms with Crippen LogP contribution in [0.25, 0.3) is 0 Å². The minimum absolute atomic E-state index is 0.0256. The molecule has 5 aliphatic rings. The molecule has 100 valence electrons. The molecule has 5 rings (SSSR count). The van der Waals surface area contributed by atoms with Crippen LogP contribution in [0.3, 0.4) is 0 Å². The van der Waals surface area contributed by atoms with Gasteiger partial charge in [0.15, 0.2) is 5.78 Å². The van der Waals surface area contributed by atoms with E-state index >= 15 is 0 Å². The third kappa shape index (κ3) is 1.25. The van der Waals surface area contributed by atoms with Gasteiger partial charge < -0.3 is 5.73 Å². The van der Waals surface area contributed by atoms with E-state index in [-0.39, 0.29) is 12.0 Å². The lowest BCUT2D eigenvalue weighted by atomic mass is 9.38. The Balaban J connectivity index is 1.72. The first-order valence-corrected chi connectivity index (χ1v) is 7.91. The number of ketones is 1. The first-order chi connectivity index (χ1) is 8.67. The van der Waals surface area contributed by atoms with Crippen molar-refractivity contribution >= 4 is 5.78 Å². The van der Waals surface area contributed by atoms with Gasteiger partial charge in [0, 0.05) is 5.41 Å². The number of Topliss-reactive ketones (excluding diaryl/α,β-unsaturated/α-hetero) is 1. The number of carbonyl (C=O) groups is 1. The van der Waals surface area contributed by atoms with Crippen LogP contribution in [0.15, 0.2) is 0 Å². The fourth-order valence-corrected chi connectivity index (χ4v) is 6.53. The van der Waals surface area contributed by atoms with Gasteiger partial charge >= 0.3 is 0 Å². The fourth-order valence-electron chi connectivity index (χ4n) is 6.53. The molecule has 0 aromatic carbocycles. The summed E-state index contributed by atoms with van der Waals surface area (Å²) in [4.78, 5) is 12.5. The van der Waals surface area contributed by atoms with Crippen LogP contribution < -0.4 is 5.73 Å². The molecule has 5 saturated carbocycles. The maximum Gasteiger partial charge on any atom is 0.153 e. The summed E-state index contributed by atoms with van der Waals surface area (Å²) >= 11 is 0. The smallest absolute Gasteiger partial charge is 0.153 e. The maximum atomic E-state index is 12.5. The summed E-state index contributed by atoms with van der Waals surface area (Å²) in [6, 6.07) is 0. The Labute approximate surface area is 110 Å². The lowest BCUT2D eigenvalue weighted by Gasteiger charge is -2.66. The van der Waals surface area contributed by atoms with E-state index in [4.69, 9.17) is 5.73 Å². The number of carbonyl (C=O) groups excluding carboxylic acids is 1. The molecule has 2 N–H and O–H groups in total. The maximum absolute atomic E-state index is 12.5. The highest BCUT2D eigenvalue weighted by Crippen LogP contribution is 2.70. The van der Waals surface area contributed by atoms with Crippen molar-refractivity contribution in [2.45, 2.75) is 57.8 Å². The summed E-state index contributed by atoms with van der Waals surface area (Å²) in [5.41, 5.74) is 6.15. The predicted octanol–water partition coefficient (Wildman–Crippen LogP) is 2.90. The second kappa shape index (κ2) is 3.59. The third-order valence-corrected chi connectivity index (χ3v) is 6.98. The van der Waals surface area contributed by atoms with Crippen LogP contribution in [-0.4, -0.2) is 12.3 Å². The Hall–Kier alpha value is -0.370. The second-order valence-corrected chi connectivity index (χ2v) is 7.76. The molecule has 5 aliphatic carbocycles. The quantitative estimate of drug-likeness (QED) is 0.833. The first-order valence-electron chi connectivity index (χ1n) is 7.91. The summed E-state index contributed by atoms with van der Waals surface area (Å²) < 4.78 is 0. The molecular formula is C16H25NO. The number of rotatable bonds is 3. The van der Waals surface area contributed by atoms with Gasteiger partial charge in [0.1, 0.15) is 0 Å². The zero-order valence-corrected chi connectivity index (χ0v) is 11.3. The SMILES string of the molecule is NCC(=O)C1(C23CC4CC(CC(C4)C2)C3)CCC1. The molecule has 0 amide bonds. The lowest BCUT2D eigenvalue weighted by molar-refractivity contribution is -0.177. The lowest BCUT2D eigenvalue weighted by Crippen LogP contribution is -2.61. The Bertz CT molecular complexity index is 347. The molecule has 0 radical (unpaired) electrons. The minimum atomic E-state index is 0.0256. The number of nitrogens with two attached hydrogens (primary N) is 1. The average molecular weight is 247 g/mol. The van der Waals surface area contributed by atoms with E-state index in [2.05, 4.69) is 0 Å². The van der Waals surface area contributed by atoms with Gasteiger partial charge in [-0.2, -0.15) is 0 Å². The van der Waals surface area contributed by atoms with E-state index in [1.165, 1.54) is 44.9 Å². The highest BCUT2D eigenvalue weighted by atomic mass is 16.1. The van der Waals surface area contributed by atoms with Gasteiger partial charge in [0.05, 0.1) is 6.54 Å². The summed E-state index contributed by atoms with van der Waals surface area (Å²) in [7, 11) is 0. The van der Waals surface area contributed by atoms with Crippen molar-refractivity contribution in [3.8, 4) is 0 Å². The van der Waals surface area contributed by atoms with Gasteiger partial charge in [-0.3, -0.25) is 4.79 Å². The molecule has 0 aromatic heterocycles. The average Bonchev–Trinajstić information content (AvgIpc) is 2.24. The largest absolute Gasteiger partial charge is 0.324 e. The normalized spacial score (nSPS) is 47.9. The van der Waals surface area contributed by atoms with Crippen LogP contribution in [-0.2, 0) is 4.79 Å². The van der Waals surface area contributed by atoms with E-state index in [0.29, 0.717) is 11.2 Å². The zero-order valence-electron chi connectivity index (χ0n) is 11.3. The van der Waals surface area contributed by atoms with Crippen molar-refractivity contribution in [3.05, 3.63) is 0 Å². The monoisotopic (exact) mass is 247 g/mol. The Morgan fingerprint density at radius 2 is 1.50 bits per heavy atom. The molecular weight excluding hydrogens is 222 g/mol. The van der Waals surface area contributed by atoms with Crippen molar-refractivity contribution in [1.29, 1.82) is 0 Å². The van der Waals surface area contributed by atoms with Crippen molar-refractivity contribution < 1.29 is 4.79 Å². The molecule has 0 aliphatic heterocycles. The van der Waals surface area contributed by atoms with E-state index in [1.54, 1.807) is 0 Å². The topological polar surface area (TPSA) is 43.1 Å². The molecule has 0 unspecified atom stereocenters. The molecule has 0 aromatic rings. The van der Waals surface area contributed by atoms with Crippen LogP contribution in [0.2, 0.25) is 0 Å². The summed E-state index contributed by atoms with van der Waals surface area (Å²) in [6.45, 7) is 0.280. The molecule has 2 heteroatoms. The van der Waals surface area contributed by atoms with Gasteiger partial charge in [0.25, 0.3) is 0 Å². The van der Waals surface area contributed by atoms with Gasteiger partial charge in [-0.1, -0.05) is 6.42 Å². The van der Waals surface area contributed by atoms with Gasteiger partial charge in [-0.15, -0.1) is 0 Å². The van der Waals surface area contributed by atoms with Crippen LogP contribution in [0.1, 0.15) is 57.8 Å². The molecule has 5 fully saturated rings. The Morgan fingerprint density at radius 1 is 1.00 bits per heavy atom. The van der Waals surface area contributed by atoms with Crippen molar-refractivity contribution in [3.63, 3.8) is 0 Å². The highest BCUT2D eigenvalue weighted by Gasteiger charge is 2.64. The summed E-state index contributed by atoms with van der Waals surface area (Å²) in [6.07, 6.45) is 12.0. The standard InChI is InChI=1S/C16H25NO/c17-10-14(18)16(2-1-3-16)15-7-11-4-12(8-15)6-13(5-11)9-15/h11-13H,1-10,17H2. The molecule has 4 bridgehead atoms. The van der Waals surface area contributed by atoms with Gasteiger partial charge in [0.2, 0.25) is 0 Å². The second-order valence-electron chi connectivity index (χ2n) is 7.76. The van der Waals surface area contributed by atoms with Gasteiger partial charge in [-0.25, -0.2) is 0 Å². The zero-order chi connectivity index (χ0) is 12.4. The van der Waals surface area contributed by atoms with Crippen LogP contribution in [0, 0.1) is 28.6 Å². The van der Waals surface area contributed by atoms with Gasteiger partial charge in [-0.05, 0) is 74.5 Å². The highest BCUT2D eigenvalue weighted by molar-refractivity contribution is 5.88. The van der Waals surface area contributed by atoms with E-state index in [9.17, 15) is 4.79 Å². The molecule has 0 heterocycles. The van der Waals surface area contributed by atoms with Crippen LogP contribution in [0.5, 0.6) is 0 Å². The van der Waals surface area contributed by atoms with Crippen LogP contribution >= 0.6 is 0 Å². The Kier molecular flexibility index (Phi) is 2.29. The number of hydrogen-bond acceptors (Lipinski definition) is 2. The fraction of sp³-hybridized carbons (Fsp3) is 0.938. The van der Waals surface area contributed by atoms with Crippen molar-refractivity contribution in [2.24, 2.45) is 34.3 Å². The van der Waals surface area contributed by atoms with Crippen molar-refractivity contribution in [2.75, 3.05) is 6.54 Å². The summed E-state index contributed by atoms with van der Waals surface area (Å²) in [5, 5.41) is 0.